The lowest BCUT2D eigenvalue weighted by Crippen LogP contribution is -2.44. The number of carbonyl (C=O) groups excluding carboxylic acids is 2. The second-order valence-electron chi connectivity index (χ2n) is 7.39. The van der Waals surface area contributed by atoms with Crippen LogP contribution in [0.2, 0.25) is 5.02 Å². The zero-order valence-corrected chi connectivity index (χ0v) is 18.8. The maximum absolute atomic E-state index is 13.4. The van der Waals surface area contributed by atoms with Gasteiger partial charge in [-0.25, -0.2) is 14.8 Å². The van der Waals surface area contributed by atoms with Crippen molar-refractivity contribution in [1.82, 2.24) is 14.9 Å². The minimum atomic E-state index is -0.180. The molecule has 9 heteroatoms. The lowest BCUT2D eigenvalue weighted by Gasteiger charge is -2.36. The number of halogens is 1. The van der Waals surface area contributed by atoms with Gasteiger partial charge in [0.25, 0.3) is 0 Å². The molecular formula is C22H22ClN5O2S. The summed E-state index contributed by atoms with van der Waals surface area (Å²) in [6.45, 7) is 4.53. The van der Waals surface area contributed by atoms with Gasteiger partial charge in [0.1, 0.15) is 5.82 Å². The minimum Gasteiger partial charge on any atom is -0.312 e. The molecule has 1 aliphatic heterocycles. The van der Waals surface area contributed by atoms with Gasteiger partial charge in [-0.1, -0.05) is 31.5 Å². The van der Waals surface area contributed by atoms with Gasteiger partial charge in [0, 0.05) is 16.3 Å². The fraction of sp³-hybridized carbons (Fsp3) is 0.273. The van der Waals surface area contributed by atoms with Crippen LogP contribution in [0.25, 0.3) is 0 Å². The summed E-state index contributed by atoms with van der Waals surface area (Å²) in [6.07, 6.45) is 0.745. The van der Waals surface area contributed by atoms with E-state index >= 15 is 0 Å². The third kappa shape index (κ3) is 4.55. The van der Waals surface area contributed by atoms with Crippen LogP contribution in [0.1, 0.15) is 31.7 Å². The number of benzene rings is 1. The first-order chi connectivity index (χ1) is 15.0. The van der Waals surface area contributed by atoms with Gasteiger partial charge in [0.05, 0.1) is 41.4 Å². The molecule has 2 aromatic heterocycles. The van der Waals surface area contributed by atoms with Gasteiger partial charge in [-0.05, 0) is 36.8 Å². The quantitative estimate of drug-likeness (QED) is 0.536. The summed E-state index contributed by atoms with van der Waals surface area (Å²) in [6, 6.07) is 10.5. The van der Waals surface area contributed by atoms with E-state index in [1.807, 2.05) is 31.4 Å². The van der Waals surface area contributed by atoms with E-state index in [4.69, 9.17) is 11.6 Å². The number of fused-ring (bicyclic) bond motifs is 1. The van der Waals surface area contributed by atoms with Crippen LogP contribution in [-0.4, -0.2) is 26.8 Å². The van der Waals surface area contributed by atoms with Crippen LogP contribution < -0.4 is 10.2 Å². The normalized spacial score (nSPS) is 14.4. The predicted molar refractivity (Wildman–Crippen MR) is 123 cm³/mol. The van der Waals surface area contributed by atoms with Crippen LogP contribution in [0.15, 0.2) is 47.3 Å². The van der Waals surface area contributed by atoms with E-state index in [0.717, 1.165) is 12.1 Å². The molecule has 1 aliphatic rings. The van der Waals surface area contributed by atoms with E-state index in [1.54, 1.807) is 39.6 Å². The van der Waals surface area contributed by atoms with E-state index < -0.39 is 0 Å². The van der Waals surface area contributed by atoms with Gasteiger partial charge >= 0.3 is 6.03 Å². The molecule has 0 fully saturated rings. The molecule has 160 valence electrons. The Kier molecular flexibility index (Phi) is 6.20. The molecule has 3 amide bonds. The fourth-order valence-electron chi connectivity index (χ4n) is 3.31. The summed E-state index contributed by atoms with van der Waals surface area (Å²) < 4.78 is 0. The second-order valence-corrected chi connectivity index (χ2v) is 8.55. The van der Waals surface area contributed by atoms with E-state index in [2.05, 4.69) is 15.3 Å². The number of anilines is 3. The molecule has 1 atom stereocenters. The Morgan fingerprint density at radius 1 is 1.32 bits per heavy atom. The highest BCUT2D eigenvalue weighted by molar-refractivity contribution is 7.07. The number of urea groups is 1. The van der Waals surface area contributed by atoms with Crippen molar-refractivity contribution in [1.29, 1.82) is 0 Å². The minimum absolute atomic E-state index is 0.0761. The molecule has 1 aromatic carbocycles. The van der Waals surface area contributed by atoms with Crippen LogP contribution >= 0.6 is 22.9 Å². The molecule has 7 nitrogen and oxygen atoms in total. The third-order valence-corrected chi connectivity index (χ3v) is 6.08. The molecule has 4 rings (SSSR count). The SMILES string of the molecule is CC[C@@H](C)C(=O)Nc1ccc2c(n1)CN(Cc1cscn1)C(=O)N2c1cccc(Cl)c1. The number of carbonyl (C=O) groups is 2. The molecule has 0 aliphatic carbocycles. The standard InChI is InChI=1S/C22H22ClN5O2S/c1-3-14(2)21(29)26-20-8-7-19-18(25-20)11-27(10-16-12-31-13-24-16)22(30)28(19)17-6-4-5-15(23)9-17/h4-9,12-14H,3,10-11H2,1-2H3,(H,25,26,29)/t14-/m1/s1. The summed E-state index contributed by atoms with van der Waals surface area (Å²) in [5.74, 6) is 0.287. The summed E-state index contributed by atoms with van der Waals surface area (Å²) in [5.41, 5.74) is 4.57. The number of pyridine rings is 1. The number of hydrogen-bond donors (Lipinski definition) is 1. The van der Waals surface area contributed by atoms with Crippen molar-refractivity contribution < 1.29 is 9.59 Å². The number of hydrogen-bond acceptors (Lipinski definition) is 5. The van der Waals surface area contributed by atoms with Gasteiger partial charge in [0.15, 0.2) is 0 Å². The first kappa shape index (κ1) is 21.3. The molecular weight excluding hydrogens is 434 g/mol. The highest BCUT2D eigenvalue weighted by Crippen LogP contribution is 2.36. The number of aromatic nitrogens is 2. The predicted octanol–water partition coefficient (Wildman–Crippen LogP) is 5.45. The number of nitrogens with one attached hydrogen (secondary N) is 1. The molecule has 0 saturated carbocycles. The van der Waals surface area contributed by atoms with Crippen LogP contribution in [0, 0.1) is 5.92 Å². The Bertz CT molecular complexity index is 1110. The Balaban J connectivity index is 1.71. The summed E-state index contributed by atoms with van der Waals surface area (Å²) in [7, 11) is 0. The molecule has 0 unspecified atom stereocenters. The highest BCUT2D eigenvalue weighted by atomic mass is 35.5. The van der Waals surface area contributed by atoms with E-state index in [-0.39, 0.29) is 17.9 Å². The van der Waals surface area contributed by atoms with Crippen LogP contribution in [0.5, 0.6) is 0 Å². The molecule has 3 heterocycles. The summed E-state index contributed by atoms with van der Waals surface area (Å²) in [4.78, 5) is 38.0. The van der Waals surface area contributed by atoms with E-state index in [1.165, 1.54) is 11.3 Å². The van der Waals surface area contributed by atoms with Gasteiger partial charge in [-0.15, -0.1) is 11.3 Å². The van der Waals surface area contributed by atoms with Crippen molar-refractivity contribution in [2.75, 3.05) is 10.2 Å². The zero-order valence-electron chi connectivity index (χ0n) is 17.2. The molecule has 0 saturated heterocycles. The number of rotatable bonds is 6. The van der Waals surface area contributed by atoms with Gasteiger partial charge in [-0.2, -0.15) is 0 Å². The van der Waals surface area contributed by atoms with Crippen molar-refractivity contribution >= 4 is 52.1 Å². The molecule has 0 bridgehead atoms. The van der Waals surface area contributed by atoms with Crippen molar-refractivity contribution in [2.45, 2.75) is 33.4 Å². The molecule has 1 N–H and O–H groups in total. The highest BCUT2D eigenvalue weighted by Gasteiger charge is 2.33. The average Bonchev–Trinajstić information content (AvgIpc) is 3.27. The summed E-state index contributed by atoms with van der Waals surface area (Å²) >= 11 is 7.68. The molecule has 3 aromatic rings. The second kappa shape index (κ2) is 9.03. The number of nitrogens with zero attached hydrogens (tertiary/aromatic N) is 4. The van der Waals surface area contributed by atoms with Crippen LogP contribution in [0.3, 0.4) is 0 Å². The first-order valence-corrected chi connectivity index (χ1v) is 11.3. The van der Waals surface area contributed by atoms with Gasteiger partial charge < -0.3 is 10.2 Å². The van der Waals surface area contributed by atoms with Crippen molar-refractivity contribution in [2.24, 2.45) is 5.92 Å². The smallest absolute Gasteiger partial charge is 0.312 e. The fourth-order valence-corrected chi connectivity index (χ4v) is 4.04. The zero-order chi connectivity index (χ0) is 22.0. The van der Waals surface area contributed by atoms with Crippen molar-refractivity contribution in [3.8, 4) is 0 Å². The van der Waals surface area contributed by atoms with Gasteiger partial charge in [0.2, 0.25) is 5.91 Å². The molecule has 31 heavy (non-hydrogen) atoms. The number of thiazole rings is 1. The monoisotopic (exact) mass is 455 g/mol. The maximum atomic E-state index is 13.4. The topological polar surface area (TPSA) is 78.4 Å². The molecule has 0 radical (unpaired) electrons. The first-order valence-electron chi connectivity index (χ1n) is 9.98. The Labute approximate surface area is 189 Å². The van der Waals surface area contributed by atoms with Crippen molar-refractivity contribution in [3.05, 3.63) is 63.7 Å². The van der Waals surface area contributed by atoms with Gasteiger partial charge in [-0.3, -0.25) is 9.69 Å². The van der Waals surface area contributed by atoms with Crippen LogP contribution in [-0.2, 0) is 17.9 Å². The molecule has 0 spiro atoms. The average molecular weight is 456 g/mol. The third-order valence-electron chi connectivity index (χ3n) is 5.21. The Morgan fingerprint density at radius 2 is 2.16 bits per heavy atom. The Morgan fingerprint density at radius 3 is 2.87 bits per heavy atom. The van der Waals surface area contributed by atoms with Crippen LogP contribution in [0.4, 0.5) is 22.0 Å². The lowest BCUT2D eigenvalue weighted by molar-refractivity contribution is -0.119. The summed E-state index contributed by atoms with van der Waals surface area (Å²) in [5, 5.41) is 5.33. The van der Waals surface area contributed by atoms with Crippen molar-refractivity contribution in [3.63, 3.8) is 0 Å². The van der Waals surface area contributed by atoms with E-state index in [9.17, 15) is 9.59 Å². The maximum Gasteiger partial charge on any atom is 0.329 e. The number of amides is 3. The van der Waals surface area contributed by atoms with E-state index in [0.29, 0.717) is 41.0 Å². The Hall–Kier alpha value is -2.97. The largest absolute Gasteiger partial charge is 0.329 e. The lowest BCUT2D eigenvalue weighted by atomic mass is 10.1.